The van der Waals surface area contributed by atoms with Gasteiger partial charge in [0.15, 0.2) is 5.13 Å². The number of fused-ring (bicyclic) bond motifs is 2. The zero-order valence-electron chi connectivity index (χ0n) is 21.5. The van der Waals surface area contributed by atoms with E-state index in [0.29, 0.717) is 50.3 Å². The molecule has 6 rings (SSSR count). The first-order valence-corrected chi connectivity index (χ1v) is 14.0. The Kier molecular flexibility index (Phi) is 7.66. The maximum absolute atomic E-state index is 14.0. The molecule has 4 aromatic rings. The summed E-state index contributed by atoms with van der Waals surface area (Å²) >= 11 is 8.21. The van der Waals surface area contributed by atoms with Crippen LogP contribution in [0.1, 0.15) is 27.4 Å². The zero-order valence-corrected chi connectivity index (χ0v) is 23.1. The Morgan fingerprint density at radius 1 is 1.28 bits per heavy atom. The van der Waals surface area contributed by atoms with Gasteiger partial charge in [0.05, 0.1) is 48.1 Å². The zero-order chi connectivity index (χ0) is 26.9. The van der Waals surface area contributed by atoms with E-state index in [1.54, 1.807) is 30.7 Å². The van der Waals surface area contributed by atoms with Crippen LogP contribution in [-0.2, 0) is 48.7 Å². The first-order chi connectivity index (χ1) is 19.0. The second-order valence-electron chi connectivity index (χ2n) is 9.82. The molecule has 0 bridgehead atoms. The Balaban J connectivity index is 1.25. The fourth-order valence-corrected chi connectivity index (χ4v) is 6.42. The van der Waals surface area contributed by atoms with Gasteiger partial charge in [0, 0.05) is 62.4 Å². The number of hydrogen-bond donors (Lipinski definition) is 2. The molecule has 5 heterocycles. The fraction of sp³-hybridized carbons (Fsp3) is 0.357. The number of aromatic nitrogens is 3. The summed E-state index contributed by atoms with van der Waals surface area (Å²) in [6.45, 7) is 3.58. The third-order valence-electron chi connectivity index (χ3n) is 7.24. The molecule has 0 amide bonds. The maximum atomic E-state index is 14.0. The lowest BCUT2D eigenvalue weighted by molar-refractivity contribution is 0.0536. The molecule has 1 aromatic carbocycles. The van der Waals surface area contributed by atoms with Gasteiger partial charge < -0.3 is 24.5 Å². The topological polar surface area (TPSA) is 84.7 Å². The first kappa shape index (κ1) is 26.4. The molecule has 8 nitrogen and oxygen atoms in total. The molecule has 3 aromatic heterocycles. The molecule has 2 N–H and O–H groups in total. The lowest BCUT2D eigenvalue weighted by atomic mass is 10.0. The van der Waals surface area contributed by atoms with Crippen LogP contribution < -0.4 is 5.32 Å². The number of anilines is 2. The summed E-state index contributed by atoms with van der Waals surface area (Å²) in [5, 5.41) is 14.5. The van der Waals surface area contributed by atoms with E-state index >= 15 is 0 Å². The number of nitrogens with zero attached hydrogens (tertiary/aromatic N) is 4. The number of pyridine rings is 1. The first-order valence-electron chi connectivity index (χ1n) is 12.8. The highest BCUT2D eigenvalue weighted by molar-refractivity contribution is 7.15. The smallest absolute Gasteiger partial charge is 0.188 e. The molecule has 39 heavy (non-hydrogen) atoms. The van der Waals surface area contributed by atoms with Crippen molar-refractivity contribution in [2.24, 2.45) is 0 Å². The number of nitrogens with one attached hydrogen (secondary N) is 1. The van der Waals surface area contributed by atoms with Crippen molar-refractivity contribution in [3.63, 3.8) is 0 Å². The van der Waals surface area contributed by atoms with E-state index in [9.17, 15) is 9.50 Å². The number of benzene rings is 1. The van der Waals surface area contributed by atoms with Gasteiger partial charge in [-0.2, -0.15) is 0 Å². The maximum Gasteiger partial charge on any atom is 0.188 e. The van der Waals surface area contributed by atoms with E-state index < -0.39 is 0 Å². The minimum atomic E-state index is -0.309. The standard InChI is InChI=1S/C28H29ClFN5O3S/c1-37-15-22-13-34-11-19(7-21(34)12-35(22)10-18-6-20(30)3-2-17(18)14-36)23-8-27(31-9-24(23)29)33-28-32-25-4-5-38-16-26(25)39-28/h2-3,6-9,11,22,36H,4-5,10,12-16H2,1H3,(H,31,32,33)/t22-/m1/s1. The molecule has 2 aliphatic heterocycles. The Morgan fingerprint density at radius 3 is 3.00 bits per heavy atom. The number of thiazole rings is 1. The molecule has 204 valence electrons. The summed E-state index contributed by atoms with van der Waals surface area (Å²) < 4.78 is 27.3. The second-order valence-corrected chi connectivity index (χ2v) is 11.3. The Labute approximate surface area is 235 Å². The molecule has 0 fully saturated rings. The van der Waals surface area contributed by atoms with Crippen molar-refractivity contribution in [1.82, 2.24) is 19.4 Å². The molecule has 0 saturated heterocycles. The molecule has 0 saturated carbocycles. The molecular weight excluding hydrogens is 541 g/mol. The Morgan fingerprint density at radius 2 is 2.18 bits per heavy atom. The lowest BCUT2D eigenvalue weighted by Crippen LogP contribution is -2.44. The molecule has 0 unspecified atom stereocenters. The number of methoxy groups -OCH3 is 1. The van der Waals surface area contributed by atoms with Crippen LogP contribution in [0.3, 0.4) is 0 Å². The summed E-state index contributed by atoms with van der Waals surface area (Å²) in [5.41, 5.74) is 5.58. The van der Waals surface area contributed by atoms with Crippen LogP contribution in [0, 0.1) is 5.82 Å². The van der Waals surface area contributed by atoms with Gasteiger partial charge in [0.1, 0.15) is 11.6 Å². The van der Waals surface area contributed by atoms with Crippen molar-refractivity contribution in [2.45, 2.75) is 45.3 Å². The highest BCUT2D eigenvalue weighted by Crippen LogP contribution is 2.35. The van der Waals surface area contributed by atoms with Gasteiger partial charge in [-0.05, 0) is 35.4 Å². The average molecular weight is 570 g/mol. The summed E-state index contributed by atoms with van der Waals surface area (Å²) in [4.78, 5) is 12.6. The third-order valence-corrected chi connectivity index (χ3v) is 8.53. The van der Waals surface area contributed by atoms with E-state index in [1.165, 1.54) is 12.1 Å². The molecule has 0 radical (unpaired) electrons. The van der Waals surface area contributed by atoms with Gasteiger partial charge in [0.2, 0.25) is 0 Å². The average Bonchev–Trinajstić information content (AvgIpc) is 3.53. The molecule has 0 spiro atoms. The van der Waals surface area contributed by atoms with Crippen LogP contribution in [-0.4, -0.2) is 50.9 Å². The van der Waals surface area contributed by atoms with Crippen molar-refractivity contribution in [3.05, 3.63) is 81.0 Å². The monoisotopic (exact) mass is 569 g/mol. The number of hydrogen-bond acceptors (Lipinski definition) is 8. The van der Waals surface area contributed by atoms with Crippen LogP contribution >= 0.6 is 22.9 Å². The molecule has 11 heteroatoms. The van der Waals surface area contributed by atoms with Crippen molar-refractivity contribution in [2.75, 3.05) is 25.6 Å². The van der Waals surface area contributed by atoms with Crippen molar-refractivity contribution in [3.8, 4) is 11.1 Å². The Hall–Kier alpha value is -2.86. The minimum absolute atomic E-state index is 0.0858. The Bertz CT molecular complexity index is 1470. The highest BCUT2D eigenvalue weighted by atomic mass is 35.5. The van der Waals surface area contributed by atoms with E-state index in [2.05, 4.69) is 32.0 Å². The third kappa shape index (κ3) is 5.58. The van der Waals surface area contributed by atoms with E-state index in [0.717, 1.165) is 50.1 Å². The fourth-order valence-electron chi connectivity index (χ4n) is 5.25. The summed E-state index contributed by atoms with van der Waals surface area (Å²) in [6.07, 6.45) is 4.60. The van der Waals surface area contributed by atoms with Crippen LogP contribution in [0.15, 0.2) is 42.7 Å². The molecular formula is C28H29ClFN5O3S. The van der Waals surface area contributed by atoms with Gasteiger partial charge in [0.25, 0.3) is 0 Å². The predicted octanol–water partition coefficient (Wildman–Crippen LogP) is 5.14. The van der Waals surface area contributed by atoms with Gasteiger partial charge in [-0.1, -0.05) is 29.0 Å². The van der Waals surface area contributed by atoms with Gasteiger partial charge in [-0.25, -0.2) is 14.4 Å². The van der Waals surface area contributed by atoms with Crippen LogP contribution in [0.4, 0.5) is 15.3 Å². The molecule has 2 aliphatic rings. The van der Waals surface area contributed by atoms with Gasteiger partial charge in [-0.3, -0.25) is 4.90 Å². The molecule has 1 atom stereocenters. The largest absolute Gasteiger partial charge is 0.392 e. The number of aliphatic hydroxyl groups is 1. The van der Waals surface area contributed by atoms with Crippen LogP contribution in [0.25, 0.3) is 11.1 Å². The number of ether oxygens (including phenoxy) is 2. The predicted molar refractivity (Wildman–Crippen MR) is 149 cm³/mol. The van der Waals surface area contributed by atoms with Crippen molar-refractivity contribution >= 4 is 33.9 Å². The van der Waals surface area contributed by atoms with Gasteiger partial charge >= 0.3 is 0 Å². The number of rotatable bonds is 8. The number of halogens is 2. The van der Waals surface area contributed by atoms with Crippen LogP contribution in [0.2, 0.25) is 5.02 Å². The van der Waals surface area contributed by atoms with Gasteiger partial charge in [-0.15, -0.1) is 0 Å². The van der Waals surface area contributed by atoms with E-state index in [-0.39, 0.29) is 18.5 Å². The SMILES string of the molecule is COC[C@H]1Cn2cc(-c3cc(Nc4nc5c(s4)COCC5)ncc3Cl)cc2CN1Cc1cc(F)ccc1CO. The van der Waals surface area contributed by atoms with E-state index in [4.69, 9.17) is 26.1 Å². The minimum Gasteiger partial charge on any atom is -0.392 e. The van der Waals surface area contributed by atoms with Crippen LogP contribution in [0.5, 0.6) is 0 Å². The number of aliphatic hydroxyl groups excluding tert-OH is 1. The normalized spacial score (nSPS) is 17.2. The van der Waals surface area contributed by atoms with Crippen molar-refractivity contribution in [1.29, 1.82) is 0 Å². The summed E-state index contributed by atoms with van der Waals surface area (Å²) in [7, 11) is 1.69. The summed E-state index contributed by atoms with van der Waals surface area (Å²) in [6, 6.07) is 8.71. The van der Waals surface area contributed by atoms with Crippen molar-refractivity contribution < 1.29 is 19.0 Å². The lowest BCUT2D eigenvalue weighted by Gasteiger charge is -2.36. The quantitative estimate of drug-likeness (QED) is 0.304. The highest BCUT2D eigenvalue weighted by Gasteiger charge is 2.28. The van der Waals surface area contributed by atoms with E-state index in [1.807, 2.05) is 6.07 Å². The molecule has 0 aliphatic carbocycles. The summed E-state index contributed by atoms with van der Waals surface area (Å²) in [5.74, 6) is 0.364. The second kappa shape index (κ2) is 11.3.